The predicted octanol–water partition coefficient (Wildman–Crippen LogP) is 6.42. The lowest BCUT2D eigenvalue weighted by Gasteiger charge is -2.30. The average Bonchev–Trinajstić information content (AvgIpc) is 3.39. The standard InChI is InChI=1S/C31H28ClF3N6OS/c1-21(38-29(42)14-25-16-37-20-41(25)18-23-12-10-22(15-36)11-13-23)17-40(30(43)39-28-9-5-4-8-27(28)32)19-24-6-2-3-7-26(24)31(33,34)35/h2-13,16,20-21H,14,17-19H2,1H3,(H,38,42)(H,39,43)/t21-/m0/s1. The third-order valence-electron chi connectivity index (χ3n) is 6.56. The number of imidazole rings is 1. The van der Waals surface area contributed by atoms with E-state index in [9.17, 15) is 18.0 Å². The highest BCUT2D eigenvalue weighted by Gasteiger charge is 2.33. The van der Waals surface area contributed by atoms with Crippen LogP contribution in [0.1, 0.15) is 34.9 Å². The number of halogens is 4. The van der Waals surface area contributed by atoms with Crippen LogP contribution >= 0.6 is 23.8 Å². The Balaban J connectivity index is 1.45. The predicted molar refractivity (Wildman–Crippen MR) is 163 cm³/mol. The van der Waals surface area contributed by atoms with Crippen LogP contribution in [0.15, 0.2) is 85.3 Å². The Bertz CT molecular complexity index is 1620. The summed E-state index contributed by atoms with van der Waals surface area (Å²) in [4.78, 5) is 18.8. The molecule has 1 aromatic heterocycles. The fourth-order valence-electron chi connectivity index (χ4n) is 4.50. The molecule has 0 bridgehead atoms. The van der Waals surface area contributed by atoms with E-state index in [1.807, 2.05) is 16.7 Å². The molecule has 0 saturated carbocycles. The maximum Gasteiger partial charge on any atom is 0.416 e. The van der Waals surface area contributed by atoms with Crippen molar-refractivity contribution in [3.63, 3.8) is 0 Å². The smallest absolute Gasteiger partial charge is 0.352 e. The molecule has 4 rings (SSSR count). The molecule has 7 nitrogen and oxygen atoms in total. The van der Waals surface area contributed by atoms with Crippen molar-refractivity contribution in [2.45, 2.75) is 38.7 Å². The molecule has 0 fully saturated rings. The molecule has 43 heavy (non-hydrogen) atoms. The first kappa shape index (κ1) is 31.5. The van der Waals surface area contributed by atoms with Crippen LogP contribution in [0, 0.1) is 11.3 Å². The molecular formula is C31H28ClF3N6OS. The van der Waals surface area contributed by atoms with Gasteiger partial charge in [-0.3, -0.25) is 4.79 Å². The van der Waals surface area contributed by atoms with Gasteiger partial charge >= 0.3 is 6.18 Å². The minimum atomic E-state index is -4.54. The Morgan fingerprint density at radius 1 is 1.12 bits per heavy atom. The summed E-state index contributed by atoms with van der Waals surface area (Å²) in [5.41, 5.74) is 1.98. The summed E-state index contributed by atoms with van der Waals surface area (Å²) in [5, 5.41) is 15.5. The van der Waals surface area contributed by atoms with Crippen molar-refractivity contribution in [3.05, 3.63) is 118 Å². The second-order valence-corrected chi connectivity index (χ2v) is 10.7. The summed E-state index contributed by atoms with van der Waals surface area (Å²) in [6, 6.07) is 21.0. The topological polar surface area (TPSA) is 86.0 Å². The molecule has 0 aliphatic heterocycles. The van der Waals surface area contributed by atoms with Crippen molar-refractivity contribution in [3.8, 4) is 6.07 Å². The molecule has 12 heteroatoms. The molecule has 1 atom stereocenters. The molecule has 4 aromatic rings. The maximum absolute atomic E-state index is 13.8. The van der Waals surface area contributed by atoms with Gasteiger partial charge in [-0.25, -0.2) is 4.98 Å². The van der Waals surface area contributed by atoms with Crippen LogP contribution in [0.3, 0.4) is 0 Å². The number of hydrogen-bond donors (Lipinski definition) is 2. The third kappa shape index (κ3) is 8.80. The summed E-state index contributed by atoms with van der Waals surface area (Å²) in [6.45, 7) is 2.20. The zero-order chi connectivity index (χ0) is 31.0. The fraction of sp³-hybridized carbons (Fsp3) is 0.226. The lowest BCUT2D eigenvalue weighted by molar-refractivity contribution is -0.138. The van der Waals surface area contributed by atoms with Crippen LogP contribution in [0.5, 0.6) is 0 Å². The molecule has 0 unspecified atom stereocenters. The Labute approximate surface area is 257 Å². The molecule has 0 spiro atoms. The second-order valence-electron chi connectivity index (χ2n) is 9.91. The first-order chi connectivity index (χ1) is 20.5. The number of carbonyl (C=O) groups is 1. The fourth-order valence-corrected chi connectivity index (χ4v) is 4.93. The zero-order valence-electron chi connectivity index (χ0n) is 23.1. The minimum Gasteiger partial charge on any atom is -0.352 e. The summed E-state index contributed by atoms with van der Waals surface area (Å²) in [6.07, 6.45) is -1.26. The molecule has 0 saturated heterocycles. The number of anilines is 1. The van der Waals surface area contributed by atoms with E-state index >= 15 is 0 Å². The Morgan fingerprint density at radius 2 is 1.81 bits per heavy atom. The van der Waals surface area contributed by atoms with Crippen LogP contribution in [0.4, 0.5) is 18.9 Å². The van der Waals surface area contributed by atoms with Gasteiger partial charge in [0, 0.05) is 37.6 Å². The van der Waals surface area contributed by atoms with Crippen LogP contribution in [-0.2, 0) is 30.5 Å². The monoisotopic (exact) mass is 624 g/mol. The van der Waals surface area contributed by atoms with E-state index < -0.39 is 17.8 Å². The molecule has 0 aliphatic carbocycles. The van der Waals surface area contributed by atoms with Crippen molar-refractivity contribution < 1.29 is 18.0 Å². The first-order valence-corrected chi connectivity index (χ1v) is 14.0. The number of nitriles is 1. The number of thiocarbonyl (C=S) groups is 1. The minimum absolute atomic E-state index is 0.0415. The first-order valence-electron chi connectivity index (χ1n) is 13.3. The van der Waals surface area contributed by atoms with Gasteiger partial charge in [0.05, 0.1) is 40.7 Å². The Kier molecular flexibility index (Phi) is 10.4. The van der Waals surface area contributed by atoms with Gasteiger partial charge in [0.25, 0.3) is 0 Å². The zero-order valence-corrected chi connectivity index (χ0v) is 24.7. The van der Waals surface area contributed by atoms with Crippen molar-refractivity contribution in [1.29, 1.82) is 5.26 Å². The molecule has 0 aliphatic rings. The SMILES string of the molecule is C[C@@H](CN(Cc1ccccc1C(F)(F)F)C(=S)Nc1ccccc1Cl)NC(=O)Cc1cncn1Cc1ccc(C#N)cc1. The third-order valence-corrected chi connectivity index (χ3v) is 7.25. The molecule has 0 radical (unpaired) electrons. The van der Waals surface area contributed by atoms with Crippen LogP contribution in [0.2, 0.25) is 5.02 Å². The summed E-state index contributed by atoms with van der Waals surface area (Å²) >= 11 is 11.9. The molecule has 222 valence electrons. The van der Waals surface area contributed by atoms with E-state index in [0.717, 1.165) is 11.6 Å². The largest absolute Gasteiger partial charge is 0.416 e. The Hall–Kier alpha value is -4.40. The van der Waals surface area contributed by atoms with Crippen molar-refractivity contribution in [1.82, 2.24) is 19.8 Å². The Morgan fingerprint density at radius 3 is 2.51 bits per heavy atom. The molecule has 2 N–H and O–H groups in total. The molecule has 3 aromatic carbocycles. The quantitative estimate of drug-likeness (QED) is 0.198. The highest BCUT2D eigenvalue weighted by atomic mass is 35.5. The van der Waals surface area contributed by atoms with Crippen molar-refractivity contribution in [2.75, 3.05) is 11.9 Å². The van der Waals surface area contributed by atoms with Crippen molar-refractivity contribution >= 4 is 40.5 Å². The van der Waals surface area contributed by atoms with E-state index in [1.54, 1.807) is 66.8 Å². The average molecular weight is 625 g/mol. The number of benzene rings is 3. The van der Waals surface area contributed by atoms with E-state index in [0.29, 0.717) is 28.5 Å². The number of aromatic nitrogens is 2. The lowest BCUT2D eigenvalue weighted by atomic mass is 10.1. The molecular weight excluding hydrogens is 597 g/mol. The van der Waals surface area contributed by atoms with Gasteiger partial charge in [0.2, 0.25) is 5.91 Å². The van der Waals surface area contributed by atoms with E-state index in [-0.39, 0.29) is 36.1 Å². The van der Waals surface area contributed by atoms with Gasteiger partial charge in [0.15, 0.2) is 5.11 Å². The highest BCUT2D eigenvalue weighted by Crippen LogP contribution is 2.32. The number of amides is 1. The second kappa shape index (κ2) is 14.2. The van der Waals surface area contributed by atoms with Crippen molar-refractivity contribution in [2.24, 2.45) is 0 Å². The summed E-state index contributed by atoms with van der Waals surface area (Å²) in [5.74, 6) is -0.283. The van der Waals surface area contributed by atoms with E-state index in [2.05, 4.69) is 21.7 Å². The molecule has 1 amide bonds. The summed E-state index contributed by atoms with van der Waals surface area (Å²) < 4.78 is 43.1. The highest BCUT2D eigenvalue weighted by molar-refractivity contribution is 7.80. The van der Waals surface area contributed by atoms with Gasteiger partial charge in [-0.2, -0.15) is 18.4 Å². The number of hydrogen-bond acceptors (Lipinski definition) is 4. The van der Waals surface area contributed by atoms with Gasteiger partial charge in [0.1, 0.15) is 0 Å². The lowest BCUT2D eigenvalue weighted by Crippen LogP contribution is -2.46. The van der Waals surface area contributed by atoms with Gasteiger partial charge in [-0.1, -0.05) is 54.1 Å². The van der Waals surface area contributed by atoms with Crippen LogP contribution in [0.25, 0.3) is 0 Å². The normalized spacial score (nSPS) is 11.8. The number of carbonyl (C=O) groups excluding carboxylic acids is 1. The van der Waals surface area contributed by atoms with Gasteiger partial charge < -0.3 is 20.1 Å². The molecule has 1 heterocycles. The van der Waals surface area contributed by atoms with E-state index in [1.165, 1.54) is 12.1 Å². The van der Waals surface area contributed by atoms with Gasteiger partial charge in [-0.05, 0) is 60.6 Å². The maximum atomic E-state index is 13.8. The number of rotatable bonds is 10. The van der Waals surface area contributed by atoms with E-state index in [4.69, 9.17) is 29.1 Å². The van der Waals surface area contributed by atoms with Crippen LogP contribution in [-0.4, -0.2) is 38.1 Å². The van der Waals surface area contributed by atoms with Crippen LogP contribution < -0.4 is 10.6 Å². The number of para-hydroxylation sites is 1. The number of nitrogens with zero attached hydrogens (tertiary/aromatic N) is 4. The summed E-state index contributed by atoms with van der Waals surface area (Å²) in [7, 11) is 0. The number of nitrogens with one attached hydrogen (secondary N) is 2. The van der Waals surface area contributed by atoms with Gasteiger partial charge in [-0.15, -0.1) is 0 Å². The number of alkyl halides is 3.